The number of nitrogens with zero attached hydrogens (tertiary/aromatic N) is 2. The van der Waals surface area contributed by atoms with Gasteiger partial charge in [-0.2, -0.15) is 0 Å². The topological polar surface area (TPSA) is 58.4 Å². The van der Waals surface area contributed by atoms with Gasteiger partial charge in [0, 0.05) is 20.5 Å². The van der Waals surface area contributed by atoms with Gasteiger partial charge < -0.3 is 14.6 Å². The lowest BCUT2D eigenvalue weighted by molar-refractivity contribution is -0.128. The van der Waals surface area contributed by atoms with Gasteiger partial charge in [-0.05, 0) is 31.2 Å². The SMILES string of the molecule is CNCC(=O)N(C)CCc1ccc2nc(C)oc2c1. The Morgan fingerprint density at radius 3 is 3.00 bits per heavy atom. The van der Waals surface area contributed by atoms with E-state index in [1.54, 1.807) is 11.9 Å². The molecule has 0 saturated heterocycles. The van der Waals surface area contributed by atoms with Gasteiger partial charge in [0.1, 0.15) is 5.52 Å². The number of nitrogens with one attached hydrogen (secondary N) is 1. The van der Waals surface area contributed by atoms with Crippen molar-refractivity contribution in [1.82, 2.24) is 15.2 Å². The van der Waals surface area contributed by atoms with Gasteiger partial charge in [-0.15, -0.1) is 0 Å². The Morgan fingerprint density at radius 2 is 2.26 bits per heavy atom. The zero-order valence-corrected chi connectivity index (χ0v) is 11.6. The summed E-state index contributed by atoms with van der Waals surface area (Å²) in [5, 5.41) is 2.86. The Hall–Kier alpha value is -1.88. The summed E-state index contributed by atoms with van der Waals surface area (Å²) in [5.74, 6) is 0.771. The lowest BCUT2D eigenvalue weighted by atomic mass is 10.1. The summed E-state index contributed by atoms with van der Waals surface area (Å²) < 4.78 is 5.50. The van der Waals surface area contributed by atoms with Crippen LogP contribution in [0.1, 0.15) is 11.5 Å². The van der Waals surface area contributed by atoms with Crippen LogP contribution >= 0.6 is 0 Å². The summed E-state index contributed by atoms with van der Waals surface area (Å²) in [6.07, 6.45) is 0.807. The molecule has 0 aliphatic rings. The molecular weight excluding hydrogens is 242 g/mol. The molecule has 1 N–H and O–H groups in total. The Morgan fingerprint density at radius 1 is 1.47 bits per heavy atom. The van der Waals surface area contributed by atoms with Gasteiger partial charge in [0.05, 0.1) is 6.54 Å². The summed E-state index contributed by atoms with van der Waals surface area (Å²) >= 11 is 0. The highest BCUT2D eigenvalue weighted by molar-refractivity contribution is 5.78. The zero-order valence-electron chi connectivity index (χ0n) is 11.6. The molecule has 5 nitrogen and oxygen atoms in total. The van der Waals surface area contributed by atoms with Crippen LogP contribution in [0.25, 0.3) is 11.1 Å². The molecule has 2 aromatic rings. The molecular formula is C14H19N3O2. The summed E-state index contributed by atoms with van der Waals surface area (Å²) in [7, 11) is 3.59. The first-order chi connectivity index (χ1) is 9.10. The van der Waals surface area contributed by atoms with Gasteiger partial charge in [0.15, 0.2) is 11.5 Å². The highest BCUT2D eigenvalue weighted by Gasteiger charge is 2.08. The zero-order chi connectivity index (χ0) is 13.8. The molecule has 19 heavy (non-hydrogen) atoms. The van der Waals surface area contributed by atoms with E-state index in [9.17, 15) is 4.79 Å². The molecule has 0 saturated carbocycles. The van der Waals surface area contributed by atoms with Gasteiger partial charge in [0.25, 0.3) is 0 Å². The Kier molecular flexibility index (Phi) is 4.16. The van der Waals surface area contributed by atoms with E-state index in [1.807, 2.05) is 32.2 Å². The lowest BCUT2D eigenvalue weighted by Gasteiger charge is -2.16. The number of aryl methyl sites for hydroxylation is 1. The van der Waals surface area contributed by atoms with Crippen molar-refractivity contribution >= 4 is 17.0 Å². The standard InChI is InChI=1S/C14H19N3O2/c1-10-16-12-5-4-11(8-13(12)19-10)6-7-17(3)14(18)9-15-2/h4-5,8,15H,6-7,9H2,1-3H3. The molecule has 0 unspecified atom stereocenters. The molecule has 1 amide bonds. The molecule has 0 aliphatic carbocycles. The number of benzene rings is 1. The van der Waals surface area contributed by atoms with Crippen molar-refractivity contribution in [2.24, 2.45) is 0 Å². The average Bonchev–Trinajstić information content (AvgIpc) is 2.75. The second-order valence-electron chi connectivity index (χ2n) is 4.63. The van der Waals surface area contributed by atoms with Crippen molar-refractivity contribution in [3.8, 4) is 0 Å². The van der Waals surface area contributed by atoms with Crippen molar-refractivity contribution < 1.29 is 9.21 Å². The number of likely N-dealkylation sites (N-methyl/N-ethyl adjacent to an activating group) is 2. The summed E-state index contributed by atoms with van der Waals surface area (Å²) in [6, 6.07) is 5.98. The number of hydrogen-bond donors (Lipinski definition) is 1. The Balaban J connectivity index is 1.99. The van der Waals surface area contributed by atoms with Gasteiger partial charge in [-0.25, -0.2) is 4.98 Å². The molecule has 1 heterocycles. The maximum Gasteiger partial charge on any atom is 0.236 e. The number of aromatic nitrogens is 1. The molecule has 0 aliphatic heterocycles. The van der Waals surface area contributed by atoms with Crippen molar-refractivity contribution in [2.45, 2.75) is 13.3 Å². The van der Waals surface area contributed by atoms with E-state index in [0.29, 0.717) is 19.0 Å². The minimum atomic E-state index is 0.0964. The molecule has 1 aromatic heterocycles. The van der Waals surface area contributed by atoms with E-state index in [1.165, 1.54) is 0 Å². The second-order valence-corrected chi connectivity index (χ2v) is 4.63. The molecule has 5 heteroatoms. The molecule has 1 aromatic carbocycles. The fourth-order valence-corrected chi connectivity index (χ4v) is 1.95. The van der Waals surface area contributed by atoms with Crippen LogP contribution in [0.5, 0.6) is 0 Å². The molecule has 0 fully saturated rings. The predicted molar refractivity (Wildman–Crippen MR) is 74.0 cm³/mol. The van der Waals surface area contributed by atoms with Crippen LogP contribution in [-0.4, -0.2) is 43.0 Å². The number of rotatable bonds is 5. The summed E-state index contributed by atoms with van der Waals surface area (Å²) in [4.78, 5) is 17.6. The predicted octanol–water partition coefficient (Wildman–Crippen LogP) is 1.36. The van der Waals surface area contributed by atoms with Crippen LogP contribution in [0.3, 0.4) is 0 Å². The molecule has 0 radical (unpaired) electrons. The van der Waals surface area contributed by atoms with Gasteiger partial charge >= 0.3 is 0 Å². The maximum atomic E-state index is 11.6. The van der Waals surface area contributed by atoms with Crippen LogP contribution in [-0.2, 0) is 11.2 Å². The lowest BCUT2D eigenvalue weighted by Crippen LogP contribution is -2.35. The fraction of sp³-hybridized carbons (Fsp3) is 0.429. The van der Waals surface area contributed by atoms with Crippen molar-refractivity contribution in [2.75, 3.05) is 27.2 Å². The minimum Gasteiger partial charge on any atom is -0.441 e. The fourth-order valence-electron chi connectivity index (χ4n) is 1.95. The quantitative estimate of drug-likeness (QED) is 0.883. The van der Waals surface area contributed by atoms with Crippen LogP contribution in [0.2, 0.25) is 0 Å². The van der Waals surface area contributed by atoms with Crippen molar-refractivity contribution in [1.29, 1.82) is 0 Å². The van der Waals surface area contributed by atoms with Crippen LogP contribution in [0.15, 0.2) is 22.6 Å². The number of hydrogen-bond acceptors (Lipinski definition) is 4. The number of carbonyl (C=O) groups excluding carboxylic acids is 1. The Labute approximate surface area is 112 Å². The highest BCUT2D eigenvalue weighted by Crippen LogP contribution is 2.17. The van der Waals surface area contributed by atoms with E-state index in [-0.39, 0.29) is 5.91 Å². The monoisotopic (exact) mass is 261 g/mol. The number of oxazole rings is 1. The van der Waals surface area contributed by atoms with Crippen LogP contribution in [0.4, 0.5) is 0 Å². The number of carbonyl (C=O) groups is 1. The third-order valence-corrected chi connectivity index (χ3v) is 3.05. The first-order valence-electron chi connectivity index (χ1n) is 6.35. The van der Waals surface area contributed by atoms with E-state index in [2.05, 4.69) is 10.3 Å². The first-order valence-corrected chi connectivity index (χ1v) is 6.35. The van der Waals surface area contributed by atoms with E-state index in [4.69, 9.17) is 4.42 Å². The van der Waals surface area contributed by atoms with E-state index in [0.717, 1.165) is 23.1 Å². The van der Waals surface area contributed by atoms with E-state index < -0.39 is 0 Å². The van der Waals surface area contributed by atoms with Crippen molar-refractivity contribution in [3.63, 3.8) is 0 Å². The summed E-state index contributed by atoms with van der Waals surface area (Å²) in [6.45, 7) is 2.90. The number of amides is 1. The molecule has 2 rings (SSSR count). The van der Waals surface area contributed by atoms with E-state index >= 15 is 0 Å². The third kappa shape index (κ3) is 3.32. The normalized spacial score (nSPS) is 10.9. The molecule has 0 spiro atoms. The van der Waals surface area contributed by atoms with Crippen LogP contribution < -0.4 is 5.32 Å². The van der Waals surface area contributed by atoms with Gasteiger partial charge in [-0.3, -0.25) is 4.79 Å². The van der Waals surface area contributed by atoms with Crippen LogP contribution in [0, 0.1) is 6.92 Å². The van der Waals surface area contributed by atoms with Gasteiger partial charge in [0.2, 0.25) is 5.91 Å². The molecule has 0 bridgehead atoms. The molecule has 0 atom stereocenters. The largest absolute Gasteiger partial charge is 0.441 e. The molecule has 102 valence electrons. The second kappa shape index (κ2) is 5.84. The third-order valence-electron chi connectivity index (χ3n) is 3.05. The Bertz CT molecular complexity index is 577. The minimum absolute atomic E-state index is 0.0964. The maximum absolute atomic E-state index is 11.6. The van der Waals surface area contributed by atoms with Gasteiger partial charge in [-0.1, -0.05) is 6.07 Å². The number of fused-ring (bicyclic) bond motifs is 1. The summed E-state index contributed by atoms with van der Waals surface area (Å²) in [5.41, 5.74) is 2.83. The smallest absolute Gasteiger partial charge is 0.236 e. The first kappa shape index (κ1) is 13.5. The average molecular weight is 261 g/mol. The highest BCUT2D eigenvalue weighted by atomic mass is 16.3. The van der Waals surface area contributed by atoms with Crippen molar-refractivity contribution in [3.05, 3.63) is 29.7 Å².